The molecule has 4 nitrogen and oxygen atoms in total. The Balaban J connectivity index is 2.16. The Morgan fingerprint density at radius 3 is 2.53 bits per heavy atom. The molecule has 1 N–H and O–H groups in total. The number of hydrogen-bond donors (Lipinski definition) is 1. The first-order valence-corrected chi connectivity index (χ1v) is 5.98. The molecular weight excluding hydrogens is 285 g/mol. The molecule has 2 rings (SSSR count). The second kappa shape index (κ2) is 5.70. The molecule has 0 aliphatic rings. The molecule has 0 aliphatic heterocycles. The van der Waals surface area contributed by atoms with E-state index in [4.69, 9.17) is 28.5 Å². The molecule has 0 saturated carbocycles. The minimum absolute atomic E-state index is 0.150. The van der Waals surface area contributed by atoms with Crippen LogP contribution in [0.1, 0.15) is 15.9 Å². The summed E-state index contributed by atoms with van der Waals surface area (Å²) < 4.78 is 0. The van der Waals surface area contributed by atoms with Gasteiger partial charge >= 0.3 is 0 Å². The molecule has 0 spiro atoms. The van der Waals surface area contributed by atoms with Gasteiger partial charge in [0.2, 0.25) is 0 Å². The van der Waals surface area contributed by atoms with Crippen LogP contribution in [-0.4, -0.2) is 10.9 Å². The topological polar surface area (TPSA) is 65.8 Å². The monoisotopic (exact) mass is 291 g/mol. The lowest BCUT2D eigenvalue weighted by molar-refractivity contribution is 0.102. The van der Waals surface area contributed by atoms with E-state index in [2.05, 4.69) is 10.3 Å². The lowest BCUT2D eigenvalue weighted by Crippen LogP contribution is -2.12. The number of rotatable bonds is 2. The zero-order chi connectivity index (χ0) is 13.8. The summed E-state index contributed by atoms with van der Waals surface area (Å²) in [6.07, 6.45) is 1.34. The summed E-state index contributed by atoms with van der Waals surface area (Å²) in [5, 5.41) is 11.7. The summed E-state index contributed by atoms with van der Waals surface area (Å²) in [5.74, 6) is -0.351. The minimum Gasteiger partial charge on any atom is -0.322 e. The minimum atomic E-state index is -0.351. The summed E-state index contributed by atoms with van der Waals surface area (Å²) in [4.78, 5) is 15.7. The van der Waals surface area contributed by atoms with Gasteiger partial charge in [0.1, 0.15) is 5.15 Å². The molecule has 19 heavy (non-hydrogen) atoms. The molecule has 1 heterocycles. The summed E-state index contributed by atoms with van der Waals surface area (Å²) in [5.41, 5.74) is 1.41. The number of nitrogens with zero attached hydrogens (tertiary/aromatic N) is 2. The van der Waals surface area contributed by atoms with Crippen LogP contribution in [0.5, 0.6) is 0 Å². The third kappa shape index (κ3) is 3.22. The normalized spacial score (nSPS) is 9.74. The Bertz CT molecular complexity index is 663. The third-order valence-electron chi connectivity index (χ3n) is 2.33. The molecule has 0 atom stereocenters. The number of nitriles is 1. The fourth-order valence-electron chi connectivity index (χ4n) is 1.38. The van der Waals surface area contributed by atoms with Crippen LogP contribution in [0.4, 0.5) is 5.69 Å². The van der Waals surface area contributed by atoms with Crippen molar-refractivity contribution >= 4 is 34.8 Å². The molecule has 0 unspecified atom stereocenters. The Kier molecular flexibility index (Phi) is 4.00. The van der Waals surface area contributed by atoms with Crippen molar-refractivity contribution in [2.45, 2.75) is 0 Å². The average Bonchev–Trinajstić information content (AvgIpc) is 2.42. The smallest absolute Gasteiger partial charge is 0.257 e. The molecular formula is C13H7Cl2N3O. The highest BCUT2D eigenvalue weighted by Crippen LogP contribution is 2.20. The summed E-state index contributed by atoms with van der Waals surface area (Å²) >= 11 is 11.5. The standard InChI is InChI=1S/C13H7Cl2N3O/c14-11-5-9(7-17-12(11)15)13(19)18-10-3-1-8(6-16)2-4-10/h1-5,7H,(H,18,19). The van der Waals surface area contributed by atoms with Gasteiger partial charge in [-0.05, 0) is 30.3 Å². The van der Waals surface area contributed by atoms with Crippen molar-refractivity contribution in [1.82, 2.24) is 4.98 Å². The van der Waals surface area contributed by atoms with Crippen LogP contribution in [-0.2, 0) is 0 Å². The van der Waals surface area contributed by atoms with Crippen molar-refractivity contribution in [3.63, 3.8) is 0 Å². The van der Waals surface area contributed by atoms with Gasteiger partial charge in [0.05, 0.1) is 22.2 Å². The largest absolute Gasteiger partial charge is 0.322 e. The van der Waals surface area contributed by atoms with Crippen LogP contribution in [0.15, 0.2) is 36.5 Å². The van der Waals surface area contributed by atoms with Crippen molar-refractivity contribution in [3.05, 3.63) is 57.8 Å². The van der Waals surface area contributed by atoms with Crippen molar-refractivity contribution < 1.29 is 4.79 Å². The fourth-order valence-corrected chi connectivity index (χ4v) is 1.65. The number of amides is 1. The molecule has 0 aliphatic carbocycles. The number of hydrogen-bond acceptors (Lipinski definition) is 3. The van der Waals surface area contributed by atoms with Crippen LogP contribution in [0.2, 0.25) is 10.2 Å². The van der Waals surface area contributed by atoms with Crippen LogP contribution >= 0.6 is 23.2 Å². The molecule has 1 aromatic carbocycles. The number of pyridine rings is 1. The number of nitrogens with one attached hydrogen (secondary N) is 1. The van der Waals surface area contributed by atoms with E-state index in [1.807, 2.05) is 6.07 Å². The molecule has 1 amide bonds. The predicted octanol–water partition coefficient (Wildman–Crippen LogP) is 3.51. The zero-order valence-electron chi connectivity index (χ0n) is 9.52. The molecule has 0 saturated heterocycles. The fraction of sp³-hybridized carbons (Fsp3) is 0. The first-order valence-electron chi connectivity index (χ1n) is 5.22. The van der Waals surface area contributed by atoms with Crippen molar-refractivity contribution in [3.8, 4) is 6.07 Å². The third-order valence-corrected chi connectivity index (χ3v) is 3.02. The molecule has 0 bridgehead atoms. The highest BCUT2D eigenvalue weighted by molar-refractivity contribution is 6.41. The van der Waals surface area contributed by atoms with Crippen molar-refractivity contribution in [1.29, 1.82) is 5.26 Å². The van der Waals surface area contributed by atoms with Gasteiger partial charge in [0, 0.05) is 11.9 Å². The number of benzene rings is 1. The van der Waals surface area contributed by atoms with E-state index in [1.165, 1.54) is 12.3 Å². The maximum atomic E-state index is 11.9. The summed E-state index contributed by atoms with van der Waals surface area (Å²) in [7, 11) is 0. The molecule has 2 aromatic rings. The highest BCUT2D eigenvalue weighted by Gasteiger charge is 2.09. The van der Waals surface area contributed by atoms with E-state index in [0.717, 1.165) is 0 Å². The Hall–Kier alpha value is -2.09. The van der Waals surface area contributed by atoms with E-state index >= 15 is 0 Å². The second-order valence-corrected chi connectivity index (χ2v) is 4.41. The van der Waals surface area contributed by atoms with Gasteiger partial charge in [-0.15, -0.1) is 0 Å². The number of carbonyl (C=O) groups is 1. The lowest BCUT2D eigenvalue weighted by atomic mass is 10.2. The van der Waals surface area contributed by atoms with Gasteiger partial charge in [-0.25, -0.2) is 4.98 Å². The van der Waals surface area contributed by atoms with Gasteiger partial charge in [-0.1, -0.05) is 23.2 Å². The van der Waals surface area contributed by atoms with Crippen LogP contribution in [0.3, 0.4) is 0 Å². The van der Waals surface area contributed by atoms with Crippen molar-refractivity contribution in [2.75, 3.05) is 5.32 Å². The molecule has 0 radical (unpaired) electrons. The maximum absolute atomic E-state index is 11.9. The van der Waals surface area contributed by atoms with Gasteiger partial charge in [-0.3, -0.25) is 4.79 Å². The Morgan fingerprint density at radius 2 is 1.95 bits per heavy atom. The van der Waals surface area contributed by atoms with E-state index < -0.39 is 0 Å². The quantitative estimate of drug-likeness (QED) is 0.861. The SMILES string of the molecule is N#Cc1ccc(NC(=O)c2cnc(Cl)c(Cl)c2)cc1. The predicted molar refractivity (Wildman–Crippen MR) is 73.4 cm³/mol. The summed E-state index contributed by atoms with van der Waals surface area (Å²) in [6, 6.07) is 9.95. The molecule has 0 fully saturated rings. The van der Waals surface area contributed by atoms with E-state index in [1.54, 1.807) is 24.3 Å². The van der Waals surface area contributed by atoms with E-state index in [9.17, 15) is 4.79 Å². The number of anilines is 1. The maximum Gasteiger partial charge on any atom is 0.257 e. The van der Waals surface area contributed by atoms with Gasteiger partial charge in [0.15, 0.2) is 0 Å². The van der Waals surface area contributed by atoms with Gasteiger partial charge in [-0.2, -0.15) is 5.26 Å². The lowest BCUT2D eigenvalue weighted by Gasteiger charge is -2.05. The number of aromatic nitrogens is 1. The van der Waals surface area contributed by atoms with Gasteiger partial charge < -0.3 is 5.32 Å². The van der Waals surface area contributed by atoms with E-state index in [0.29, 0.717) is 16.8 Å². The van der Waals surface area contributed by atoms with Crippen LogP contribution in [0, 0.1) is 11.3 Å². The second-order valence-electron chi connectivity index (χ2n) is 3.64. The van der Waals surface area contributed by atoms with Gasteiger partial charge in [0.25, 0.3) is 5.91 Å². The highest BCUT2D eigenvalue weighted by atomic mass is 35.5. The zero-order valence-corrected chi connectivity index (χ0v) is 11.0. The molecule has 94 valence electrons. The molecule has 1 aromatic heterocycles. The first kappa shape index (κ1) is 13.3. The molecule has 6 heteroatoms. The summed E-state index contributed by atoms with van der Waals surface area (Å²) in [6.45, 7) is 0. The Morgan fingerprint density at radius 1 is 1.26 bits per heavy atom. The first-order chi connectivity index (χ1) is 9.10. The van der Waals surface area contributed by atoms with E-state index in [-0.39, 0.29) is 16.1 Å². The number of halogens is 2. The van der Waals surface area contributed by atoms with Crippen LogP contribution < -0.4 is 5.32 Å². The van der Waals surface area contributed by atoms with Crippen molar-refractivity contribution in [2.24, 2.45) is 0 Å². The average molecular weight is 292 g/mol. The van der Waals surface area contributed by atoms with Crippen LogP contribution in [0.25, 0.3) is 0 Å². The Labute approximate surface area is 119 Å². The number of carbonyl (C=O) groups excluding carboxylic acids is 1.